The topological polar surface area (TPSA) is 49.7 Å². The van der Waals surface area contributed by atoms with E-state index in [1.807, 2.05) is 20.8 Å². The van der Waals surface area contributed by atoms with E-state index in [1.165, 1.54) is 0 Å². The van der Waals surface area contributed by atoms with Crippen molar-refractivity contribution >= 4 is 0 Å². The second kappa shape index (κ2) is 2.47. The van der Waals surface area contributed by atoms with Gasteiger partial charge in [-0.15, -0.1) is 0 Å². The minimum Gasteiger partial charge on any atom is -0.393 e. The molecule has 13 heavy (non-hydrogen) atoms. The Kier molecular flexibility index (Phi) is 1.79. The largest absolute Gasteiger partial charge is 0.393 e. The summed E-state index contributed by atoms with van der Waals surface area (Å²) < 4.78 is 5.83. The molecule has 2 saturated heterocycles. The second-order valence-corrected chi connectivity index (χ2v) is 5.15. The number of hydrogen-bond acceptors (Lipinski definition) is 3. The van der Waals surface area contributed by atoms with E-state index in [-0.39, 0.29) is 17.6 Å². The maximum absolute atomic E-state index is 9.83. The zero-order valence-electron chi connectivity index (χ0n) is 8.45. The molecule has 3 rings (SSSR count). The molecule has 3 aliphatic rings. The monoisotopic (exact) mass is 186 g/mol. The minimum atomic E-state index is -0.544. The zero-order valence-corrected chi connectivity index (χ0v) is 8.45. The van der Waals surface area contributed by atoms with Crippen molar-refractivity contribution in [3.63, 3.8) is 0 Å². The van der Waals surface area contributed by atoms with Crippen molar-refractivity contribution < 1.29 is 14.9 Å². The van der Waals surface area contributed by atoms with E-state index in [9.17, 15) is 10.2 Å². The molecule has 0 amide bonds. The number of rotatable bonds is 0. The SMILES string of the molecule is CC1(C)O[C@@]2(C)C[C@@H](O)[C@@H]1C[C@@H]2O. The quantitative estimate of drug-likeness (QED) is 0.585. The number of aliphatic hydroxyl groups excluding tert-OH is 2. The lowest BCUT2D eigenvalue weighted by Gasteiger charge is -2.58. The van der Waals surface area contributed by atoms with E-state index < -0.39 is 11.7 Å². The highest BCUT2D eigenvalue weighted by atomic mass is 16.5. The van der Waals surface area contributed by atoms with Crippen LogP contribution in [0.5, 0.6) is 0 Å². The van der Waals surface area contributed by atoms with Crippen LogP contribution in [0.3, 0.4) is 0 Å². The van der Waals surface area contributed by atoms with Crippen LogP contribution in [0.15, 0.2) is 0 Å². The first-order valence-corrected chi connectivity index (χ1v) is 4.91. The lowest BCUT2D eigenvalue weighted by molar-refractivity contribution is -0.300. The number of ether oxygens (including phenoxy) is 1. The fraction of sp³-hybridized carbons (Fsp3) is 1.00. The van der Waals surface area contributed by atoms with Gasteiger partial charge in [-0.3, -0.25) is 0 Å². The Hall–Kier alpha value is -0.120. The lowest BCUT2D eigenvalue weighted by Crippen LogP contribution is -2.66. The predicted octanol–water partition coefficient (Wildman–Crippen LogP) is 0.686. The van der Waals surface area contributed by atoms with E-state index in [1.54, 1.807) is 0 Å². The third kappa shape index (κ3) is 1.22. The van der Waals surface area contributed by atoms with Gasteiger partial charge in [0.25, 0.3) is 0 Å². The van der Waals surface area contributed by atoms with E-state index >= 15 is 0 Å². The number of fused-ring (bicyclic) bond motifs is 3. The molecule has 1 saturated carbocycles. The molecule has 4 atom stereocenters. The Morgan fingerprint density at radius 1 is 1.23 bits per heavy atom. The summed E-state index contributed by atoms with van der Waals surface area (Å²) in [5, 5.41) is 19.6. The number of hydrogen-bond donors (Lipinski definition) is 2. The average Bonchev–Trinajstić information content (AvgIpc) is 1.92. The van der Waals surface area contributed by atoms with Crippen LogP contribution in [0.4, 0.5) is 0 Å². The van der Waals surface area contributed by atoms with Crippen LogP contribution in [0.1, 0.15) is 33.6 Å². The molecule has 2 heterocycles. The third-order valence-electron chi connectivity index (χ3n) is 3.65. The molecule has 0 aromatic rings. The fourth-order valence-electron chi connectivity index (χ4n) is 2.87. The van der Waals surface area contributed by atoms with E-state index in [4.69, 9.17) is 4.74 Å². The van der Waals surface area contributed by atoms with Gasteiger partial charge in [0.1, 0.15) is 0 Å². The van der Waals surface area contributed by atoms with Crippen molar-refractivity contribution in [3.05, 3.63) is 0 Å². The van der Waals surface area contributed by atoms with Gasteiger partial charge in [0.05, 0.1) is 23.4 Å². The molecule has 76 valence electrons. The Labute approximate surface area is 78.7 Å². The molecule has 0 aromatic carbocycles. The summed E-state index contributed by atoms with van der Waals surface area (Å²) >= 11 is 0. The van der Waals surface area contributed by atoms with Crippen molar-refractivity contribution in [1.82, 2.24) is 0 Å². The van der Waals surface area contributed by atoms with Gasteiger partial charge in [0.15, 0.2) is 0 Å². The van der Waals surface area contributed by atoms with Gasteiger partial charge in [-0.05, 0) is 27.2 Å². The maximum Gasteiger partial charge on any atom is 0.0944 e. The smallest absolute Gasteiger partial charge is 0.0944 e. The molecule has 2 aliphatic heterocycles. The Balaban J connectivity index is 2.32. The normalized spacial score (nSPS) is 53.8. The number of aliphatic hydroxyl groups is 2. The summed E-state index contributed by atoms with van der Waals surface area (Å²) in [7, 11) is 0. The fourth-order valence-corrected chi connectivity index (χ4v) is 2.87. The van der Waals surface area contributed by atoms with Crippen molar-refractivity contribution in [1.29, 1.82) is 0 Å². The van der Waals surface area contributed by atoms with Crippen molar-refractivity contribution in [2.45, 2.75) is 57.0 Å². The van der Waals surface area contributed by atoms with Crippen molar-refractivity contribution in [3.8, 4) is 0 Å². The van der Waals surface area contributed by atoms with Crippen LogP contribution in [0.25, 0.3) is 0 Å². The summed E-state index contributed by atoms with van der Waals surface area (Å²) in [6.45, 7) is 5.87. The van der Waals surface area contributed by atoms with Crippen LogP contribution in [-0.4, -0.2) is 33.6 Å². The highest BCUT2D eigenvalue weighted by Crippen LogP contribution is 2.49. The summed E-state index contributed by atoms with van der Waals surface area (Å²) in [5.41, 5.74) is -0.844. The van der Waals surface area contributed by atoms with E-state index in [0.29, 0.717) is 12.8 Å². The van der Waals surface area contributed by atoms with Crippen molar-refractivity contribution in [2.75, 3.05) is 0 Å². The Morgan fingerprint density at radius 2 is 1.85 bits per heavy atom. The van der Waals surface area contributed by atoms with Crippen LogP contribution in [0, 0.1) is 5.92 Å². The first kappa shape index (κ1) is 9.44. The summed E-state index contributed by atoms with van der Waals surface area (Å²) in [5.74, 6) is 0.0734. The minimum absolute atomic E-state index is 0.0734. The van der Waals surface area contributed by atoms with Gasteiger partial charge in [0, 0.05) is 12.3 Å². The van der Waals surface area contributed by atoms with Gasteiger partial charge >= 0.3 is 0 Å². The Morgan fingerprint density at radius 3 is 2.31 bits per heavy atom. The van der Waals surface area contributed by atoms with Crippen LogP contribution < -0.4 is 0 Å². The molecule has 0 unspecified atom stereocenters. The van der Waals surface area contributed by atoms with Gasteiger partial charge in [0.2, 0.25) is 0 Å². The molecule has 0 radical (unpaired) electrons. The molecule has 2 N–H and O–H groups in total. The molecular weight excluding hydrogens is 168 g/mol. The van der Waals surface area contributed by atoms with Crippen LogP contribution >= 0.6 is 0 Å². The molecular formula is C10H18O3. The standard InChI is InChI=1S/C10H18O3/c1-9(2)6-4-8(12)10(3,13-9)5-7(6)11/h6-8,11-12H,4-5H2,1-3H3/t6-,7+,8-,10-/m0/s1. The van der Waals surface area contributed by atoms with Crippen LogP contribution in [0.2, 0.25) is 0 Å². The van der Waals surface area contributed by atoms with E-state index in [0.717, 1.165) is 0 Å². The highest BCUT2D eigenvalue weighted by molar-refractivity contribution is 5.06. The zero-order chi connectivity index (χ0) is 9.85. The molecule has 3 fully saturated rings. The van der Waals surface area contributed by atoms with Gasteiger partial charge in [-0.1, -0.05) is 0 Å². The summed E-state index contributed by atoms with van der Waals surface area (Å²) in [4.78, 5) is 0. The predicted molar refractivity (Wildman–Crippen MR) is 48.3 cm³/mol. The third-order valence-corrected chi connectivity index (χ3v) is 3.65. The summed E-state index contributed by atoms with van der Waals surface area (Å²) in [6, 6.07) is 0. The molecule has 0 aromatic heterocycles. The molecule has 3 nitrogen and oxygen atoms in total. The molecule has 2 bridgehead atoms. The van der Waals surface area contributed by atoms with Gasteiger partial charge in [-0.2, -0.15) is 0 Å². The molecule has 1 aliphatic carbocycles. The van der Waals surface area contributed by atoms with Crippen molar-refractivity contribution in [2.24, 2.45) is 5.92 Å². The maximum atomic E-state index is 9.83. The van der Waals surface area contributed by atoms with E-state index in [2.05, 4.69) is 0 Å². The highest BCUT2D eigenvalue weighted by Gasteiger charge is 2.57. The van der Waals surface area contributed by atoms with Gasteiger partial charge in [-0.25, -0.2) is 0 Å². The van der Waals surface area contributed by atoms with Crippen LogP contribution in [-0.2, 0) is 4.74 Å². The molecule has 3 heteroatoms. The summed E-state index contributed by atoms with van der Waals surface area (Å²) in [6.07, 6.45) is 0.471. The first-order chi connectivity index (χ1) is 5.85. The lowest BCUT2D eigenvalue weighted by atomic mass is 9.66. The van der Waals surface area contributed by atoms with Gasteiger partial charge < -0.3 is 14.9 Å². The average molecular weight is 186 g/mol. The second-order valence-electron chi connectivity index (χ2n) is 5.15. The first-order valence-electron chi connectivity index (χ1n) is 4.91. The Bertz CT molecular complexity index is 226. The molecule has 0 spiro atoms.